The Labute approximate surface area is 97.4 Å². The van der Waals surface area contributed by atoms with E-state index in [1.54, 1.807) is 12.1 Å². The summed E-state index contributed by atoms with van der Waals surface area (Å²) in [5, 5.41) is 18.7. The molecule has 0 aliphatic rings. The van der Waals surface area contributed by atoms with Gasteiger partial charge in [0.15, 0.2) is 0 Å². The number of carbonyl (C=O) groups is 1. The van der Waals surface area contributed by atoms with E-state index in [9.17, 15) is 9.90 Å². The SMILES string of the molecule is COc1cccc(Cl)c1C(O)C(N)C(=O)O. The first kappa shape index (κ1) is 12.8. The first-order chi connectivity index (χ1) is 7.49. The van der Waals surface area contributed by atoms with Crippen LogP contribution in [-0.4, -0.2) is 29.3 Å². The highest BCUT2D eigenvalue weighted by Gasteiger charge is 2.28. The van der Waals surface area contributed by atoms with Gasteiger partial charge in [0.1, 0.15) is 17.9 Å². The molecular weight excluding hydrogens is 234 g/mol. The summed E-state index contributed by atoms with van der Waals surface area (Å²) >= 11 is 5.86. The molecule has 4 N–H and O–H groups in total. The van der Waals surface area contributed by atoms with Crippen molar-refractivity contribution in [3.8, 4) is 5.75 Å². The smallest absolute Gasteiger partial charge is 0.323 e. The Morgan fingerprint density at radius 3 is 2.69 bits per heavy atom. The average molecular weight is 246 g/mol. The number of nitrogens with two attached hydrogens (primary N) is 1. The van der Waals surface area contributed by atoms with E-state index in [0.717, 1.165) is 0 Å². The van der Waals surface area contributed by atoms with Crippen LogP contribution < -0.4 is 10.5 Å². The zero-order valence-electron chi connectivity index (χ0n) is 8.55. The Morgan fingerprint density at radius 2 is 2.19 bits per heavy atom. The predicted octanol–water partition coefficient (Wildman–Crippen LogP) is 0.794. The number of aliphatic carboxylic acids is 1. The monoisotopic (exact) mass is 245 g/mol. The van der Waals surface area contributed by atoms with Crippen molar-refractivity contribution in [1.82, 2.24) is 0 Å². The van der Waals surface area contributed by atoms with Crippen LogP contribution in [0.1, 0.15) is 11.7 Å². The first-order valence-electron chi connectivity index (χ1n) is 4.48. The predicted molar refractivity (Wildman–Crippen MR) is 58.6 cm³/mol. The number of carboxylic acid groups (broad SMARTS) is 1. The Balaban J connectivity index is 3.16. The van der Waals surface area contributed by atoms with Gasteiger partial charge in [0, 0.05) is 5.56 Å². The van der Waals surface area contributed by atoms with Gasteiger partial charge in [-0.05, 0) is 12.1 Å². The normalized spacial score (nSPS) is 14.2. The van der Waals surface area contributed by atoms with E-state index < -0.39 is 18.1 Å². The lowest BCUT2D eigenvalue weighted by atomic mass is 10.0. The van der Waals surface area contributed by atoms with Crippen molar-refractivity contribution in [2.45, 2.75) is 12.1 Å². The van der Waals surface area contributed by atoms with Crippen molar-refractivity contribution in [2.24, 2.45) is 5.73 Å². The molecule has 0 radical (unpaired) electrons. The maximum atomic E-state index is 10.7. The number of methoxy groups -OCH3 is 1. The van der Waals surface area contributed by atoms with E-state index in [0.29, 0.717) is 5.75 Å². The van der Waals surface area contributed by atoms with Crippen LogP contribution in [0.5, 0.6) is 5.75 Å². The lowest BCUT2D eigenvalue weighted by Crippen LogP contribution is -2.36. The summed E-state index contributed by atoms with van der Waals surface area (Å²) in [5.41, 5.74) is 5.50. The zero-order chi connectivity index (χ0) is 12.3. The van der Waals surface area contributed by atoms with E-state index >= 15 is 0 Å². The molecule has 2 atom stereocenters. The van der Waals surface area contributed by atoms with E-state index in [4.69, 9.17) is 27.2 Å². The van der Waals surface area contributed by atoms with Crippen molar-refractivity contribution in [3.05, 3.63) is 28.8 Å². The van der Waals surface area contributed by atoms with Gasteiger partial charge in [-0.3, -0.25) is 4.79 Å². The molecule has 0 amide bonds. The molecule has 0 fully saturated rings. The highest BCUT2D eigenvalue weighted by atomic mass is 35.5. The molecule has 0 aromatic heterocycles. The fourth-order valence-electron chi connectivity index (χ4n) is 1.30. The van der Waals surface area contributed by atoms with Crippen molar-refractivity contribution >= 4 is 17.6 Å². The van der Waals surface area contributed by atoms with E-state index in [1.165, 1.54) is 13.2 Å². The largest absolute Gasteiger partial charge is 0.496 e. The van der Waals surface area contributed by atoms with E-state index in [1.807, 2.05) is 0 Å². The number of aliphatic hydroxyl groups excluding tert-OH is 1. The summed E-state index contributed by atoms with van der Waals surface area (Å²) < 4.78 is 4.98. The van der Waals surface area contributed by atoms with Crippen LogP contribution in [0.3, 0.4) is 0 Å². The average Bonchev–Trinajstić information content (AvgIpc) is 2.26. The second kappa shape index (κ2) is 5.16. The number of hydrogen-bond acceptors (Lipinski definition) is 4. The van der Waals surface area contributed by atoms with Gasteiger partial charge in [-0.15, -0.1) is 0 Å². The molecule has 0 saturated heterocycles. The van der Waals surface area contributed by atoms with E-state index in [-0.39, 0.29) is 10.6 Å². The lowest BCUT2D eigenvalue weighted by molar-refractivity contribution is -0.141. The number of carboxylic acids is 1. The molecule has 5 nitrogen and oxygen atoms in total. The van der Waals surface area contributed by atoms with Crippen molar-refractivity contribution in [2.75, 3.05) is 7.11 Å². The lowest BCUT2D eigenvalue weighted by Gasteiger charge is -2.19. The topological polar surface area (TPSA) is 92.8 Å². The molecule has 88 valence electrons. The number of aliphatic hydroxyl groups is 1. The van der Waals surface area contributed by atoms with Crippen LogP contribution in [0, 0.1) is 0 Å². The molecular formula is C10H12ClNO4. The van der Waals surface area contributed by atoms with Crippen LogP contribution in [0.25, 0.3) is 0 Å². The molecule has 0 heterocycles. The second-order valence-corrected chi connectivity index (χ2v) is 3.57. The standard InChI is InChI=1S/C10H12ClNO4/c1-16-6-4-2-3-5(11)7(6)9(13)8(12)10(14)15/h2-4,8-9,13H,12H2,1H3,(H,14,15). The summed E-state index contributed by atoms with van der Waals surface area (Å²) in [4.78, 5) is 10.7. The molecule has 1 aromatic rings. The minimum Gasteiger partial charge on any atom is -0.496 e. The van der Waals surface area contributed by atoms with Gasteiger partial charge in [-0.25, -0.2) is 0 Å². The summed E-state index contributed by atoms with van der Waals surface area (Å²) in [6.45, 7) is 0. The molecule has 0 saturated carbocycles. The molecule has 1 rings (SSSR count). The molecule has 0 bridgehead atoms. The van der Waals surface area contributed by atoms with Crippen molar-refractivity contribution in [3.63, 3.8) is 0 Å². The third-order valence-electron chi connectivity index (χ3n) is 2.15. The highest BCUT2D eigenvalue weighted by Crippen LogP contribution is 2.33. The van der Waals surface area contributed by atoms with Crippen molar-refractivity contribution in [1.29, 1.82) is 0 Å². The van der Waals surface area contributed by atoms with Crippen LogP contribution in [-0.2, 0) is 4.79 Å². The molecule has 0 spiro atoms. The van der Waals surface area contributed by atoms with Gasteiger partial charge in [-0.2, -0.15) is 0 Å². The van der Waals surface area contributed by atoms with Gasteiger partial charge >= 0.3 is 5.97 Å². The fraction of sp³-hybridized carbons (Fsp3) is 0.300. The van der Waals surface area contributed by atoms with Crippen LogP contribution in [0.2, 0.25) is 5.02 Å². The summed E-state index contributed by atoms with van der Waals surface area (Å²) in [6.07, 6.45) is -1.42. The molecule has 1 aromatic carbocycles. The number of rotatable bonds is 4. The Morgan fingerprint density at radius 1 is 1.56 bits per heavy atom. The fourth-order valence-corrected chi connectivity index (χ4v) is 1.57. The first-order valence-corrected chi connectivity index (χ1v) is 4.85. The second-order valence-electron chi connectivity index (χ2n) is 3.16. The zero-order valence-corrected chi connectivity index (χ0v) is 9.31. The summed E-state index contributed by atoms with van der Waals surface area (Å²) in [5.74, 6) is -1.01. The quantitative estimate of drug-likeness (QED) is 0.729. The molecule has 6 heteroatoms. The van der Waals surface area contributed by atoms with Gasteiger partial charge < -0.3 is 20.7 Å². The number of ether oxygens (including phenoxy) is 1. The van der Waals surface area contributed by atoms with Gasteiger partial charge in [0.2, 0.25) is 0 Å². The molecule has 0 aliphatic heterocycles. The minimum atomic E-state index is -1.45. The maximum absolute atomic E-state index is 10.7. The maximum Gasteiger partial charge on any atom is 0.323 e. The van der Waals surface area contributed by atoms with Crippen LogP contribution in [0.15, 0.2) is 18.2 Å². The number of hydrogen-bond donors (Lipinski definition) is 3. The van der Waals surface area contributed by atoms with Gasteiger partial charge in [0.05, 0.1) is 12.1 Å². The van der Waals surface area contributed by atoms with Crippen LogP contribution in [0.4, 0.5) is 0 Å². The Hall–Kier alpha value is -1.30. The molecule has 2 unspecified atom stereocenters. The minimum absolute atomic E-state index is 0.182. The highest BCUT2D eigenvalue weighted by molar-refractivity contribution is 6.31. The third kappa shape index (κ3) is 2.44. The van der Waals surface area contributed by atoms with E-state index in [2.05, 4.69) is 0 Å². The van der Waals surface area contributed by atoms with Gasteiger partial charge in [0.25, 0.3) is 0 Å². The molecule has 0 aliphatic carbocycles. The Bertz CT molecular complexity index is 396. The molecule has 16 heavy (non-hydrogen) atoms. The Kier molecular flexibility index (Phi) is 4.12. The van der Waals surface area contributed by atoms with Crippen molar-refractivity contribution < 1.29 is 19.7 Å². The summed E-state index contributed by atoms with van der Waals surface area (Å²) in [6, 6.07) is 3.27. The van der Waals surface area contributed by atoms with Crippen LogP contribution >= 0.6 is 11.6 Å². The third-order valence-corrected chi connectivity index (χ3v) is 2.48. The number of benzene rings is 1. The number of halogens is 1. The van der Waals surface area contributed by atoms with Gasteiger partial charge in [-0.1, -0.05) is 17.7 Å². The summed E-state index contributed by atoms with van der Waals surface area (Å²) in [7, 11) is 1.40.